The van der Waals surface area contributed by atoms with Gasteiger partial charge in [0.25, 0.3) is 0 Å². The summed E-state index contributed by atoms with van der Waals surface area (Å²) in [5, 5.41) is 10.3. The molecule has 0 amide bonds. The molecule has 1 atom stereocenters. The molecular weight excluding hydrogens is 191 g/mol. The van der Waals surface area contributed by atoms with Crippen LogP contribution in [0.3, 0.4) is 0 Å². The molecule has 0 aromatic heterocycles. The van der Waals surface area contributed by atoms with Crippen LogP contribution >= 0.6 is 0 Å². The minimum Gasteiger partial charge on any atom is -0.389 e. The van der Waals surface area contributed by atoms with Gasteiger partial charge in [0.15, 0.2) is 0 Å². The smallest absolute Gasteiger partial charge is 0.123 e. The van der Waals surface area contributed by atoms with E-state index in [-0.39, 0.29) is 11.7 Å². The van der Waals surface area contributed by atoms with Crippen LogP contribution in [0.4, 0.5) is 4.39 Å². The second-order valence-corrected chi connectivity index (χ2v) is 4.42. The molecular formula is C13H19FO. The van der Waals surface area contributed by atoms with Gasteiger partial charge in [-0.05, 0) is 30.0 Å². The van der Waals surface area contributed by atoms with Gasteiger partial charge in [0.1, 0.15) is 5.82 Å². The summed E-state index contributed by atoms with van der Waals surface area (Å²) in [5.41, 5.74) is 0.298. The van der Waals surface area contributed by atoms with Crippen molar-refractivity contribution >= 4 is 0 Å². The third kappa shape index (κ3) is 3.03. The molecule has 1 aromatic carbocycles. The third-order valence-electron chi connectivity index (χ3n) is 3.11. The molecule has 0 saturated carbocycles. The summed E-state index contributed by atoms with van der Waals surface area (Å²) in [5.74, 6) is -0.0316. The highest BCUT2D eigenvalue weighted by molar-refractivity contribution is 5.18. The number of benzene rings is 1. The average Bonchev–Trinajstić information content (AvgIpc) is 2.21. The Bertz CT molecular complexity index is 305. The maximum Gasteiger partial charge on any atom is 0.123 e. The number of hydrogen-bond acceptors (Lipinski definition) is 1. The fraction of sp³-hybridized carbons (Fsp3) is 0.538. The van der Waals surface area contributed by atoms with E-state index in [1.54, 1.807) is 12.1 Å². The lowest BCUT2D eigenvalue weighted by Crippen LogP contribution is -2.36. The van der Waals surface area contributed by atoms with Gasteiger partial charge in [0.05, 0.1) is 5.60 Å². The van der Waals surface area contributed by atoms with Crippen molar-refractivity contribution in [1.29, 1.82) is 0 Å². The van der Waals surface area contributed by atoms with E-state index < -0.39 is 5.60 Å². The second kappa shape index (κ2) is 4.75. The lowest BCUT2D eigenvalue weighted by Gasteiger charge is -2.31. The van der Waals surface area contributed by atoms with Crippen LogP contribution < -0.4 is 0 Å². The summed E-state index contributed by atoms with van der Waals surface area (Å²) >= 11 is 0. The summed E-state index contributed by atoms with van der Waals surface area (Å²) < 4.78 is 12.7. The van der Waals surface area contributed by atoms with Crippen LogP contribution in [0.25, 0.3) is 0 Å². The van der Waals surface area contributed by atoms with E-state index in [4.69, 9.17) is 0 Å². The number of hydrogen-bond donors (Lipinski definition) is 1. The lowest BCUT2D eigenvalue weighted by molar-refractivity contribution is -0.00830. The molecule has 0 spiro atoms. The lowest BCUT2D eigenvalue weighted by atomic mass is 9.82. The summed E-state index contributed by atoms with van der Waals surface area (Å²) in [4.78, 5) is 0. The molecule has 1 aromatic rings. The zero-order valence-corrected chi connectivity index (χ0v) is 9.63. The predicted molar refractivity (Wildman–Crippen MR) is 60.2 cm³/mol. The normalized spacial score (nSPS) is 15.3. The van der Waals surface area contributed by atoms with Gasteiger partial charge in [-0.15, -0.1) is 0 Å². The van der Waals surface area contributed by atoms with E-state index in [1.807, 2.05) is 20.8 Å². The molecule has 1 rings (SSSR count). The van der Waals surface area contributed by atoms with Crippen LogP contribution in [0, 0.1) is 11.7 Å². The number of rotatable bonds is 4. The molecule has 1 nitrogen and oxygen atoms in total. The molecule has 0 aliphatic rings. The van der Waals surface area contributed by atoms with Gasteiger partial charge in [0.2, 0.25) is 0 Å². The minimum absolute atomic E-state index is 0.201. The van der Waals surface area contributed by atoms with E-state index >= 15 is 0 Å². The van der Waals surface area contributed by atoms with Gasteiger partial charge in [0, 0.05) is 6.42 Å². The van der Waals surface area contributed by atoms with E-state index in [1.165, 1.54) is 12.1 Å². The quantitative estimate of drug-likeness (QED) is 0.809. The summed E-state index contributed by atoms with van der Waals surface area (Å²) in [6, 6.07) is 6.34. The highest BCUT2D eigenvalue weighted by atomic mass is 19.1. The molecule has 15 heavy (non-hydrogen) atoms. The fourth-order valence-electron chi connectivity index (χ4n) is 1.69. The SMILES string of the molecule is CCC(O)(Cc1ccc(F)cc1)C(C)C. The first-order chi connectivity index (χ1) is 6.98. The van der Waals surface area contributed by atoms with Crippen LogP contribution in [0.15, 0.2) is 24.3 Å². The van der Waals surface area contributed by atoms with E-state index in [0.717, 1.165) is 5.56 Å². The Labute approximate surface area is 90.9 Å². The zero-order chi connectivity index (χ0) is 11.5. The molecule has 84 valence electrons. The molecule has 0 saturated heterocycles. The first-order valence-corrected chi connectivity index (χ1v) is 5.45. The monoisotopic (exact) mass is 210 g/mol. The molecule has 1 N–H and O–H groups in total. The third-order valence-corrected chi connectivity index (χ3v) is 3.11. The van der Waals surface area contributed by atoms with Crippen LogP contribution in [0.2, 0.25) is 0 Å². The van der Waals surface area contributed by atoms with Crippen LogP contribution in [0.5, 0.6) is 0 Å². The van der Waals surface area contributed by atoms with E-state index in [0.29, 0.717) is 12.8 Å². The van der Waals surface area contributed by atoms with Crippen LogP contribution in [-0.2, 0) is 6.42 Å². The highest BCUT2D eigenvalue weighted by Crippen LogP contribution is 2.25. The van der Waals surface area contributed by atoms with Crippen molar-refractivity contribution in [1.82, 2.24) is 0 Å². The Kier molecular flexibility index (Phi) is 3.86. The Hall–Kier alpha value is -0.890. The Morgan fingerprint density at radius 3 is 2.20 bits per heavy atom. The number of halogens is 1. The molecule has 1 unspecified atom stereocenters. The van der Waals surface area contributed by atoms with Crippen molar-refractivity contribution in [2.75, 3.05) is 0 Å². The van der Waals surface area contributed by atoms with Crippen molar-refractivity contribution in [3.63, 3.8) is 0 Å². The van der Waals surface area contributed by atoms with E-state index in [2.05, 4.69) is 0 Å². The zero-order valence-electron chi connectivity index (χ0n) is 9.63. The Morgan fingerprint density at radius 2 is 1.80 bits per heavy atom. The minimum atomic E-state index is -0.683. The summed E-state index contributed by atoms with van der Waals surface area (Å²) in [6.45, 7) is 5.99. The number of aliphatic hydroxyl groups is 1. The van der Waals surface area contributed by atoms with Gasteiger partial charge in [-0.25, -0.2) is 4.39 Å². The fourth-order valence-corrected chi connectivity index (χ4v) is 1.69. The molecule has 0 heterocycles. The Balaban J connectivity index is 2.79. The van der Waals surface area contributed by atoms with Gasteiger partial charge in [-0.3, -0.25) is 0 Å². The van der Waals surface area contributed by atoms with Crippen LogP contribution in [-0.4, -0.2) is 10.7 Å². The van der Waals surface area contributed by atoms with Crippen molar-refractivity contribution in [2.45, 2.75) is 39.2 Å². The average molecular weight is 210 g/mol. The largest absolute Gasteiger partial charge is 0.389 e. The summed E-state index contributed by atoms with van der Waals surface area (Å²) in [6.07, 6.45) is 1.30. The van der Waals surface area contributed by atoms with Crippen molar-refractivity contribution in [3.05, 3.63) is 35.6 Å². The maximum atomic E-state index is 12.7. The first kappa shape index (κ1) is 12.2. The molecule has 0 bridgehead atoms. The Morgan fingerprint density at radius 1 is 1.27 bits per heavy atom. The molecule has 2 heteroatoms. The van der Waals surface area contributed by atoms with Crippen molar-refractivity contribution < 1.29 is 9.50 Å². The second-order valence-electron chi connectivity index (χ2n) is 4.42. The molecule has 0 radical (unpaired) electrons. The standard InChI is InChI=1S/C13H19FO/c1-4-13(15,10(2)3)9-11-5-7-12(14)8-6-11/h5-8,10,15H,4,9H2,1-3H3. The van der Waals surface area contributed by atoms with E-state index in [9.17, 15) is 9.50 Å². The van der Waals surface area contributed by atoms with Gasteiger partial charge in [-0.2, -0.15) is 0 Å². The van der Waals surface area contributed by atoms with Crippen molar-refractivity contribution in [2.24, 2.45) is 5.92 Å². The molecule has 0 aliphatic carbocycles. The van der Waals surface area contributed by atoms with Crippen molar-refractivity contribution in [3.8, 4) is 0 Å². The maximum absolute atomic E-state index is 12.7. The summed E-state index contributed by atoms with van der Waals surface area (Å²) in [7, 11) is 0. The van der Waals surface area contributed by atoms with Crippen LogP contribution in [0.1, 0.15) is 32.8 Å². The highest BCUT2D eigenvalue weighted by Gasteiger charge is 2.28. The molecule has 0 aliphatic heterocycles. The molecule has 0 fully saturated rings. The van der Waals surface area contributed by atoms with Gasteiger partial charge >= 0.3 is 0 Å². The predicted octanol–water partition coefficient (Wildman–Crippen LogP) is 3.17. The topological polar surface area (TPSA) is 20.2 Å². The first-order valence-electron chi connectivity index (χ1n) is 5.45. The van der Waals surface area contributed by atoms with Gasteiger partial charge in [-0.1, -0.05) is 32.9 Å². The van der Waals surface area contributed by atoms with Gasteiger partial charge < -0.3 is 5.11 Å².